The van der Waals surface area contributed by atoms with Crippen molar-refractivity contribution in [2.45, 2.75) is 33.6 Å². The Labute approximate surface area is 79.3 Å². The van der Waals surface area contributed by atoms with Crippen LogP contribution in [-0.2, 0) is 4.79 Å². The molecule has 0 atom stereocenters. The van der Waals surface area contributed by atoms with Gasteiger partial charge in [0.15, 0.2) is 0 Å². The van der Waals surface area contributed by atoms with Gasteiger partial charge in [-0.15, -0.1) is 0 Å². The number of carbonyl (C=O) groups excluding carboxylic acids is 1. The fourth-order valence-electron chi connectivity index (χ4n) is 0.550. The molecule has 0 fully saturated rings. The maximum Gasteiger partial charge on any atom is 0.124 e. The second kappa shape index (κ2) is 6.29. The molecule has 0 bridgehead atoms. The topological polar surface area (TPSA) is 41.8 Å². The Bertz CT molecular complexity index is 252. The molecule has 0 spiro atoms. The third kappa shape index (κ3) is 5.06. The fourth-order valence-corrected chi connectivity index (χ4v) is 0.550. The monoisotopic (exact) mass is 180 g/mol. The number of aldehydes is 1. The average Bonchev–Trinajstić information content (AvgIpc) is 2.13. The van der Waals surface area contributed by atoms with Crippen molar-refractivity contribution in [3.05, 3.63) is 12.2 Å². The highest BCUT2D eigenvalue weighted by Crippen LogP contribution is 1.99. The highest BCUT2D eigenvalue weighted by atomic mass is 16.1. The Kier molecular flexibility index (Phi) is 5.68. The Hall–Kier alpha value is -1.25. The maximum atomic E-state index is 10.2. The first-order chi connectivity index (χ1) is 6.11. The average molecular weight is 180 g/mol. The molecule has 0 saturated carbocycles. The summed E-state index contributed by atoms with van der Waals surface area (Å²) >= 11 is 0. The molecule has 0 aliphatic heterocycles. The molecule has 0 aromatic carbocycles. The molecule has 0 aromatic rings. The molecule has 3 nitrogen and oxygen atoms in total. The van der Waals surface area contributed by atoms with Gasteiger partial charge in [0, 0.05) is 12.1 Å². The summed E-state index contributed by atoms with van der Waals surface area (Å²) in [5.41, 5.74) is 2.42. The second-order valence-electron chi connectivity index (χ2n) is 2.85. The van der Waals surface area contributed by atoms with E-state index in [1.807, 2.05) is 13.8 Å². The van der Waals surface area contributed by atoms with Crippen LogP contribution in [0.5, 0.6) is 0 Å². The fraction of sp³-hybridized carbons (Fsp3) is 0.500. The van der Waals surface area contributed by atoms with E-state index in [4.69, 9.17) is 0 Å². The van der Waals surface area contributed by atoms with E-state index in [9.17, 15) is 4.79 Å². The molecule has 0 aliphatic rings. The molecule has 0 saturated heterocycles. The van der Waals surface area contributed by atoms with Crippen molar-refractivity contribution in [2.24, 2.45) is 10.2 Å². The van der Waals surface area contributed by atoms with Gasteiger partial charge in [-0.25, -0.2) is 0 Å². The van der Waals surface area contributed by atoms with Gasteiger partial charge in [-0.2, -0.15) is 10.2 Å². The van der Waals surface area contributed by atoms with Crippen LogP contribution in [0.2, 0.25) is 0 Å². The largest absolute Gasteiger partial charge is 0.303 e. The number of carbonyl (C=O) groups is 1. The van der Waals surface area contributed by atoms with Crippen LogP contribution in [-0.4, -0.2) is 17.7 Å². The summed E-state index contributed by atoms with van der Waals surface area (Å²) in [5, 5.41) is 7.93. The molecule has 72 valence electrons. The van der Waals surface area contributed by atoms with Gasteiger partial charge in [0.25, 0.3) is 0 Å². The SMILES string of the molecule is C=C(CC=O)/C(C)=N/N=C(/C)CC. The van der Waals surface area contributed by atoms with Crippen molar-refractivity contribution in [1.29, 1.82) is 0 Å². The normalized spacial score (nSPS) is 12.8. The van der Waals surface area contributed by atoms with Crippen molar-refractivity contribution in [2.75, 3.05) is 0 Å². The van der Waals surface area contributed by atoms with Crippen LogP contribution in [0.1, 0.15) is 33.6 Å². The van der Waals surface area contributed by atoms with Crippen molar-refractivity contribution in [3.8, 4) is 0 Å². The van der Waals surface area contributed by atoms with Gasteiger partial charge in [0.1, 0.15) is 6.29 Å². The van der Waals surface area contributed by atoms with Crippen molar-refractivity contribution in [3.63, 3.8) is 0 Å². The van der Waals surface area contributed by atoms with Gasteiger partial charge < -0.3 is 4.79 Å². The maximum absolute atomic E-state index is 10.2. The quantitative estimate of drug-likeness (QED) is 0.364. The zero-order valence-electron chi connectivity index (χ0n) is 8.50. The number of nitrogens with zero attached hydrogens (tertiary/aromatic N) is 2. The van der Waals surface area contributed by atoms with Gasteiger partial charge in [0.2, 0.25) is 0 Å². The molecule has 13 heavy (non-hydrogen) atoms. The third-order valence-electron chi connectivity index (χ3n) is 1.72. The van der Waals surface area contributed by atoms with Gasteiger partial charge in [-0.3, -0.25) is 0 Å². The van der Waals surface area contributed by atoms with Crippen LogP contribution in [0.15, 0.2) is 22.4 Å². The standard InChI is InChI=1S/C10H16N2O/c1-5-9(3)11-12-10(4)8(2)6-7-13/h7H,2,5-6H2,1,3-4H3/b11-9-,12-10+. The highest BCUT2D eigenvalue weighted by molar-refractivity contribution is 6.00. The third-order valence-corrected chi connectivity index (χ3v) is 1.72. The van der Waals surface area contributed by atoms with Gasteiger partial charge in [0.05, 0.1) is 5.71 Å². The zero-order valence-corrected chi connectivity index (χ0v) is 8.50. The smallest absolute Gasteiger partial charge is 0.124 e. The van der Waals surface area contributed by atoms with Gasteiger partial charge >= 0.3 is 0 Å². The van der Waals surface area contributed by atoms with Crippen LogP contribution in [0, 0.1) is 0 Å². The van der Waals surface area contributed by atoms with Crippen molar-refractivity contribution < 1.29 is 4.79 Å². The molecular formula is C10H16N2O. The lowest BCUT2D eigenvalue weighted by Gasteiger charge is -1.97. The van der Waals surface area contributed by atoms with E-state index in [-0.39, 0.29) is 0 Å². The minimum Gasteiger partial charge on any atom is -0.303 e. The Morgan fingerprint density at radius 1 is 1.38 bits per heavy atom. The van der Waals surface area contributed by atoms with Crippen molar-refractivity contribution in [1.82, 2.24) is 0 Å². The summed E-state index contributed by atoms with van der Waals surface area (Å²) in [6.45, 7) is 9.45. The van der Waals surface area contributed by atoms with E-state index < -0.39 is 0 Å². The molecule has 0 unspecified atom stereocenters. The van der Waals surface area contributed by atoms with E-state index >= 15 is 0 Å². The van der Waals surface area contributed by atoms with E-state index in [0.717, 1.165) is 29.7 Å². The molecule has 0 aromatic heterocycles. The van der Waals surface area contributed by atoms with E-state index in [0.29, 0.717) is 6.42 Å². The van der Waals surface area contributed by atoms with Crippen LogP contribution in [0.25, 0.3) is 0 Å². The Morgan fingerprint density at radius 3 is 2.46 bits per heavy atom. The van der Waals surface area contributed by atoms with Crippen LogP contribution in [0.4, 0.5) is 0 Å². The van der Waals surface area contributed by atoms with Crippen molar-refractivity contribution >= 4 is 17.7 Å². The van der Waals surface area contributed by atoms with E-state index in [2.05, 4.69) is 16.8 Å². The second-order valence-corrected chi connectivity index (χ2v) is 2.85. The highest BCUT2D eigenvalue weighted by Gasteiger charge is 1.96. The summed E-state index contributed by atoms with van der Waals surface area (Å²) in [4.78, 5) is 10.2. The van der Waals surface area contributed by atoms with Gasteiger partial charge in [-0.1, -0.05) is 13.5 Å². The molecule has 0 rings (SSSR count). The first kappa shape index (κ1) is 11.8. The molecule has 3 heteroatoms. The minimum atomic E-state index is 0.329. The summed E-state index contributed by atoms with van der Waals surface area (Å²) in [6, 6.07) is 0. The number of hydrogen-bond acceptors (Lipinski definition) is 3. The molecular weight excluding hydrogens is 164 g/mol. The predicted molar refractivity (Wildman–Crippen MR) is 56.3 cm³/mol. The summed E-state index contributed by atoms with van der Waals surface area (Å²) in [5.74, 6) is 0. The molecule has 0 N–H and O–H groups in total. The lowest BCUT2D eigenvalue weighted by molar-refractivity contribution is -0.107. The zero-order chi connectivity index (χ0) is 10.3. The van der Waals surface area contributed by atoms with Crippen LogP contribution >= 0.6 is 0 Å². The lowest BCUT2D eigenvalue weighted by Crippen LogP contribution is -1.96. The number of allylic oxidation sites excluding steroid dienone is 1. The number of hydrogen-bond donors (Lipinski definition) is 0. The molecule has 0 heterocycles. The Balaban J connectivity index is 4.32. The molecule has 0 amide bonds. The molecule has 0 radical (unpaired) electrons. The van der Waals surface area contributed by atoms with Crippen LogP contribution in [0.3, 0.4) is 0 Å². The first-order valence-corrected chi connectivity index (χ1v) is 4.31. The van der Waals surface area contributed by atoms with E-state index in [1.54, 1.807) is 6.92 Å². The summed E-state index contributed by atoms with van der Waals surface area (Å²) < 4.78 is 0. The van der Waals surface area contributed by atoms with Gasteiger partial charge in [-0.05, 0) is 25.8 Å². The summed E-state index contributed by atoms with van der Waals surface area (Å²) in [7, 11) is 0. The molecule has 0 aliphatic carbocycles. The Morgan fingerprint density at radius 2 is 2.00 bits per heavy atom. The predicted octanol–water partition coefficient (Wildman–Crippen LogP) is 2.38. The lowest BCUT2D eigenvalue weighted by atomic mass is 10.1. The summed E-state index contributed by atoms with van der Waals surface area (Å²) in [6.07, 6.45) is 2.03. The minimum absolute atomic E-state index is 0.329. The van der Waals surface area contributed by atoms with E-state index in [1.165, 1.54) is 0 Å². The first-order valence-electron chi connectivity index (χ1n) is 4.31. The number of rotatable bonds is 5. The van der Waals surface area contributed by atoms with Crippen LogP contribution < -0.4 is 0 Å².